The number of carbonyl (C=O) groups excluding carboxylic acids is 4. The molecule has 618 valence electrons. The molecule has 0 rings (SSSR count). The fourth-order valence-electron chi connectivity index (χ4n) is 13.3. The lowest BCUT2D eigenvalue weighted by atomic mass is 10.0. The third kappa shape index (κ3) is 78.2. The molecular weight excluding hydrogens is 1350 g/mol. The van der Waals surface area contributed by atoms with Gasteiger partial charge in [-0.3, -0.25) is 37.3 Å². The number of carbonyl (C=O) groups is 4. The lowest BCUT2D eigenvalue weighted by Gasteiger charge is -2.21. The Labute approximate surface area is 638 Å². The second-order valence-corrected chi connectivity index (χ2v) is 34.0. The Morgan fingerprint density at radius 1 is 0.260 bits per heavy atom. The molecule has 0 aromatic heterocycles. The lowest BCUT2D eigenvalue weighted by molar-refractivity contribution is -0.161. The molecule has 17 nitrogen and oxygen atoms in total. The van der Waals surface area contributed by atoms with Crippen molar-refractivity contribution in [2.75, 3.05) is 39.6 Å². The summed E-state index contributed by atoms with van der Waals surface area (Å²) in [5.41, 5.74) is 0. The Kier molecular flexibility index (Phi) is 76.3. The van der Waals surface area contributed by atoms with Gasteiger partial charge in [-0.2, -0.15) is 0 Å². The molecule has 19 heteroatoms. The number of hydrogen-bond acceptors (Lipinski definition) is 15. The highest BCUT2D eigenvalue weighted by Gasteiger charge is 2.30. The summed E-state index contributed by atoms with van der Waals surface area (Å²) < 4.78 is 68.8. The van der Waals surface area contributed by atoms with Crippen LogP contribution in [0.3, 0.4) is 0 Å². The van der Waals surface area contributed by atoms with Crippen LogP contribution in [0.5, 0.6) is 0 Å². The van der Waals surface area contributed by atoms with Crippen molar-refractivity contribution in [3.8, 4) is 0 Å². The van der Waals surface area contributed by atoms with Crippen LogP contribution in [0, 0.1) is 5.92 Å². The first-order valence-electron chi connectivity index (χ1n) is 44.1. The summed E-state index contributed by atoms with van der Waals surface area (Å²) in [6.07, 6.45) is 70.9. The molecule has 0 bridgehead atoms. The number of aliphatic hydroxyl groups excluding tert-OH is 1. The number of aliphatic hydroxyl groups is 1. The first-order valence-corrected chi connectivity index (χ1v) is 47.1. The predicted molar refractivity (Wildman–Crippen MR) is 428 cm³/mol. The largest absolute Gasteiger partial charge is 0.472 e. The third-order valence-electron chi connectivity index (χ3n) is 20.0. The average molecular weight is 1520 g/mol. The number of esters is 4. The molecule has 0 saturated heterocycles. The van der Waals surface area contributed by atoms with Crippen molar-refractivity contribution < 1.29 is 80.2 Å². The normalized spacial score (nSPS) is 13.8. The number of phosphoric acid groups is 2. The Morgan fingerprint density at radius 2 is 0.442 bits per heavy atom. The smallest absolute Gasteiger partial charge is 0.462 e. The molecule has 0 aliphatic carbocycles. The highest BCUT2D eigenvalue weighted by molar-refractivity contribution is 7.47. The second kappa shape index (κ2) is 77.8. The zero-order valence-corrected chi connectivity index (χ0v) is 70.0. The summed E-state index contributed by atoms with van der Waals surface area (Å²) in [6, 6.07) is 0. The van der Waals surface area contributed by atoms with Gasteiger partial charge in [0.15, 0.2) is 12.2 Å². The van der Waals surface area contributed by atoms with Crippen LogP contribution >= 0.6 is 15.6 Å². The van der Waals surface area contributed by atoms with Crippen LogP contribution in [0.15, 0.2) is 0 Å². The molecule has 104 heavy (non-hydrogen) atoms. The fraction of sp³-hybridized carbons (Fsp3) is 0.953. The predicted octanol–water partition coefficient (Wildman–Crippen LogP) is 26.0. The van der Waals surface area contributed by atoms with E-state index in [1.807, 2.05) is 0 Å². The van der Waals surface area contributed by atoms with Gasteiger partial charge < -0.3 is 33.8 Å². The molecule has 0 aliphatic rings. The molecular formula is C85H166O17P2. The van der Waals surface area contributed by atoms with Crippen molar-refractivity contribution >= 4 is 39.5 Å². The minimum absolute atomic E-state index is 0.108. The first-order chi connectivity index (χ1) is 50.5. The van der Waals surface area contributed by atoms with E-state index in [1.165, 1.54) is 283 Å². The number of unbranched alkanes of at least 4 members (excludes halogenated alkanes) is 57. The van der Waals surface area contributed by atoms with Gasteiger partial charge in [0.2, 0.25) is 0 Å². The molecule has 2 unspecified atom stereocenters. The van der Waals surface area contributed by atoms with Crippen molar-refractivity contribution in [3.63, 3.8) is 0 Å². The molecule has 0 amide bonds. The van der Waals surface area contributed by atoms with Gasteiger partial charge in [-0.25, -0.2) is 9.13 Å². The minimum Gasteiger partial charge on any atom is -0.462 e. The summed E-state index contributed by atoms with van der Waals surface area (Å²) in [5, 5.41) is 10.7. The maximum Gasteiger partial charge on any atom is 0.472 e. The summed E-state index contributed by atoms with van der Waals surface area (Å²) in [7, 11) is -9.92. The van der Waals surface area contributed by atoms with Gasteiger partial charge in [0.05, 0.1) is 26.4 Å². The molecule has 0 aromatic carbocycles. The maximum absolute atomic E-state index is 13.1. The second-order valence-electron chi connectivity index (χ2n) is 31.1. The number of phosphoric ester groups is 2. The van der Waals surface area contributed by atoms with E-state index in [2.05, 4.69) is 34.6 Å². The molecule has 0 aromatic rings. The Bertz CT molecular complexity index is 1980. The lowest BCUT2D eigenvalue weighted by Crippen LogP contribution is -2.30. The average Bonchev–Trinajstić information content (AvgIpc) is 0.908. The van der Waals surface area contributed by atoms with Gasteiger partial charge >= 0.3 is 39.5 Å². The number of hydrogen-bond donors (Lipinski definition) is 3. The quantitative estimate of drug-likeness (QED) is 0.0222. The van der Waals surface area contributed by atoms with Crippen LogP contribution in [0.1, 0.15) is 458 Å². The first kappa shape index (κ1) is 102. The minimum atomic E-state index is -4.96. The summed E-state index contributed by atoms with van der Waals surface area (Å²) >= 11 is 0. The van der Waals surface area contributed by atoms with E-state index < -0.39 is 97.5 Å². The topological polar surface area (TPSA) is 237 Å². The van der Waals surface area contributed by atoms with Crippen LogP contribution < -0.4 is 0 Å². The summed E-state index contributed by atoms with van der Waals surface area (Å²) in [4.78, 5) is 73.1. The van der Waals surface area contributed by atoms with Crippen molar-refractivity contribution in [1.82, 2.24) is 0 Å². The van der Waals surface area contributed by atoms with Gasteiger partial charge in [-0.15, -0.1) is 0 Å². The van der Waals surface area contributed by atoms with E-state index in [9.17, 15) is 43.2 Å². The Balaban J connectivity index is 5.21. The molecule has 3 N–H and O–H groups in total. The van der Waals surface area contributed by atoms with Crippen molar-refractivity contribution in [1.29, 1.82) is 0 Å². The van der Waals surface area contributed by atoms with Crippen molar-refractivity contribution in [3.05, 3.63) is 0 Å². The van der Waals surface area contributed by atoms with E-state index in [0.717, 1.165) is 95.8 Å². The molecule has 5 atom stereocenters. The Hall–Kier alpha value is -1.94. The summed E-state index contributed by atoms with van der Waals surface area (Å²) in [6.45, 7) is 7.35. The highest BCUT2D eigenvalue weighted by atomic mass is 31.2. The highest BCUT2D eigenvalue weighted by Crippen LogP contribution is 2.45. The van der Waals surface area contributed by atoms with E-state index >= 15 is 0 Å². The fourth-order valence-corrected chi connectivity index (χ4v) is 14.9. The van der Waals surface area contributed by atoms with Crippen molar-refractivity contribution in [2.45, 2.75) is 477 Å². The van der Waals surface area contributed by atoms with Crippen LogP contribution in [-0.4, -0.2) is 96.7 Å². The van der Waals surface area contributed by atoms with Crippen LogP contribution in [0.25, 0.3) is 0 Å². The summed E-state index contributed by atoms with van der Waals surface area (Å²) in [5.74, 6) is -1.33. The molecule has 0 radical (unpaired) electrons. The molecule has 0 spiro atoms. The van der Waals surface area contributed by atoms with Crippen molar-refractivity contribution in [2.24, 2.45) is 5.92 Å². The SMILES string of the molecule is CCCCCCCCCCCCCCCCCCCCCCCCC(=O)O[C@H](COC(=O)CCCCCCCCCCCCCCCCCCC)COP(=O)(O)OC[C@@H](O)COP(=O)(O)OC[C@@H](COC(=O)CCCCCCCCCCCC)OC(=O)CCCCCCCCCCCCCCC(C)C. The van der Waals surface area contributed by atoms with Gasteiger partial charge in [-0.05, 0) is 31.6 Å². The maximum atomic E-state index is 13.1. The Morgan fingerprint density at radius 3 is 0.654 bits per heavy atom. The van der Waals surface area contributed by atoms with Crippen LogP contribution in [0.2, 0.25) is 0 Å². The standard InChI is InChI=1S/C85H166O17P2/c1-6-9-12-15-18-21-24-26-28-30-31-32-33-34-36-38-40-45-50-55-60-65-70-84(89)102-81(75-96-83(88)69-64-59-54-49-44-39-37-35-29-27-25-22-19-16-13-10-7-2)77-100-104(93,94)98-73-79(86)72-97-103(91,92)99-76-80(74-95-82(87)68-63-58-53-48-23-20-17-14-11-8-3)101-85(90)71-66-61-56-51-46-42-41-43-47-52-57-62-67-78(4)5/h78-81,86H,6-77H2,1-5H3,(H,91,92)(H,93,94)/t79-,80+,81+/m0/s1. The van der Waals surface area contributed by atoms with Crippen LogP contribution in [-0.2, 0) is 65.4 Å². The molecule has 0 heterocycles. The molecule has 0 aliphatic heterocycles. The van der Waals surface area contributed by atoms with E-state index in [-0.39, 0.29) is 25.7 Å². The third-order valence-corrected chi connectivity index (χ3v) is 21.9. The zero-order valence-electron chi connectivity index (χ0n) is 68.2. The van der Waals surface area contributed by atoms with Gasteiger partial charge in [-0.1, -0.05) is 407 Å². The molecule has 0 saturated carbocycles. The number of ether oxygens (including phenoxy) is 4. The van der Waals surface area contributed by atoms with E-state index in [1.54, 1.807) is 0 Å². The van der Waals surface area contributed by atoms with Gasteiger partial charge in [0.25, 0.3) is 0 Å². The molecule has 0 fully saturated rings. The van der Waals surface area contributed by atoms with Crippen LogP contribution in [0.4, 0.5) is 0 Å². The monoisotopic (exact) mass is 1520 g/mol. The number of rotatable bonds is 85. The van der Waals surface area contributed by atoms with E-state index in [0.29, 0.717) is 25.7 Å². The zero-order chi connectivity index (χ0) is 76.2. The van der Waals surface area contributed by atoms with E-state index in [4.69, 9.17) is 37.0 Å². The van der Waals surface area contributed by atoms with Gasteiger partial charge in [0, 0.05) is 25.7 Å². The van der Waals surface area contributed by atoms with Gasteiger partial charge in [0.1, 0.15) is 19.3 Å².